The Hall–Kier alpha value is -2.60. The molecule has 0 aliphatic rings. The summed E-state index contributed by atoms with van der Waals surface area (Å²) in [4.78, 5) is 38.7. The topological polar surface area (TPSA) is 85.5 Å². The Morgan fingerprint density at radius 3 is 2.46 bits per heavy atom. The third kappa shape index (κ3) is 5.45. The maximum absolute atomic E-state index is 12.3. The maximum atomic E-state index is 12.3. The molecule has 2 rings (SSSR count). The zero-order chi connectivity index (χ0) is 20.8. The molecular formula is C21H24ClNO5. The maximum Gasteiger partial charge on any atom is 0.306 e. The fourth-order valence-corrected chi connectivity index (χ4v) is 3.25. The van der Waals surface area contributed by atoms with Gasteiger partial charge in [0, 0.05) is 22.7 Å². The van der Waals surface area contributed by atoms with Crippen LogP contribution in [0.2, 0.25) is 5.02 Å². The van der Waals surface area contributed by atoms with Crippen molar-refractivity contribution in [1.29, 1.82) is 0 Å². The molecule has 0 saturated carbocycles. The number of benzene rings is 1. The lowest BCUT2D eigenvalue weighted by Crippen LogP contribution is -2.16. The van der Waals surface area contributed by atoms with Crippen molar-refractivity contribution in [3.8, 4) is 5.75 Å². The summed E-state index contributed by atoms with van der Waals surface area (Å²) in [6, 6.07) is 5.33. The molecule has 1 aromatic carbocycles. The monoisotopic (exact) mass is 405 g/mol. The van der Waals surface area contributed by atoms with E-state index in [1.54, 1.807) is 32.0 Å². The molecule has 0 atom stereocenters. The van der Waals surface area contributed by atoms with E-state index in [4.69, 9.17) is 21.1 Å². The summed E-state index contributed by atoms with van der Waals surface area (Å²) in [6.07, 6.45) is 0.603. The minimum absolute atomic E-state index is 0.113. The van der Waals surface area contributed by atoms with Crippen LogP contribution in [-0.4, -0.2) is 35.7 Å². The molecular weight excluding hydrogens is 382 g/mol. The number of aromatic amines is 1. The molecule has 6 nitrogen and oxygen atoms in total. The molecule has 0 fully saturated rings. The number of rotatable bonds is 9. The predicted octanol–water partition coefficient (Wildman–Crippen LogP) is 4.38. The first-order chi connectivity index (χ1) is 13.2. The summed E-state index contributed by atoms with van der Waals surface area (Å²) in [6.45, 7) is 6.75. The van der Waals surface area contributed by atoms with Crippen LogP contribution in [0.15, 0.2) is 18.2 Å². The van der Waals surface area contributed by atoms with E-state index in [9.17, 15) is 14.4 Å². The van der Waals surface area contributed by atoms with Gasteiger partial charge in [0.15, 0.2) is 12.4 Å². The van der Waals surface area contributed by atoms with E-state index in [0.717, 1.165) is 5.56 Å². The van der Waals surface area contributed by atoms with Crippen molar-refractivity contribution in [1.82, 2.24) is 4.98 Å². The molecule has 0 bridgehead atoms. The molecule has 150 valence electrons. The van der Waals surface area contributed by atoms with Crippen molar-refractivity contribution in [2.75, 3.05) is 13.2 Å². The number of carbonyl (C=O) groups is 3. The normalized spacial score (nSPS) is 10.6. The molecule has 0 saturated heterocycles. The summed E-state index contributed by atoms with van der Waals surface area (Å²) in [5.41, 5.74) is 2.94. The van der Waals surface area contributed by atoms with Crippen molar-refractivity contribution >= 4 is 29.1 Å². The molecule has 0 unspecified atom stereocenters. The quantitative estimate of drug-likeness (QED) is 0.380. The highest BCUT2D eigenvalue weighted by Gasteiger charge is 2.20. The number of hydrogen-bond acceptors (Lipinski definition) is 5. The Kier molecular flexibility index (Phi) is 7.40. The molecule has 0 amide bonds. The van der Waals surface area contributed by atoms with E-state index in [1.807, 2.05) is 6.92 Å². The fourth-order valence-electron chi connectivity index (χ4n) is 3.02. The molecule has 1 N–H and O–H groups in total. The zero-order valence-electron chi connectivity index (χ0n) is 16.5. The van der Waals surface area contributed by atoms with Crippen LogP contribution in [0.3, 0.4) is 0 Å². The van der Waals surface area contributed by atoms with E-state index in [1.165, 1.54) is 6.92 Å². The number of ketones is 2. The second kappa shape index (κ2) is 9.55. The highest BCUT2D eigenvalue weighted by molar-refractivity contribution is 6.30. The number of carbonyl (C=O) groups excluding carboxylic acids is 3. The van der Waals surface area contributed by atoms with Gasteiger partial charge in [-0.3, -0.25) is 14.4 Å². The lowest BCUT2D eigenvalue weighted by molar-refractivity contribution is -0.142. The van der Waals surface area contributed by atoms with E-state index >= 15 is 0 Å². The van der Waals surface area contributed by atoms with Crippen LogP contribution in [0.4, 0.5) is 0 Å². The summed E-state index contributed by atoms with van der Waals surface area (Å²) in [5.74, 6) is -0.239. The number of esters is 1. The SMILES string of the molecule is CC(=O)c1c(C)[nH]c(C(=O)COC(=O)CCCOc2ccc(Cl)cc2C)c1C. The fraction of sp³-hybridized carbons (Fsp3) is 0.381. The lowest BCUT2D eigenvalue weighted by Gasteiger charge is -2.09. The average molecular weight is 406 g/mol. The first-order valence-electron chi connectivity index (χ1n) is 8.98. The molecule has 7 heteroatoms. The highest BCUT2D eigenvalue weighted by atomic mass is 35.5. The van der Waals surface area contributed by atoms with Crippen LogP contribution >= 0.6 is 11.6 Å². The number of Topliss-reactive ketones (excluding diaryl/α,β-unsaturated/α-hetero) is 2. The molecule has 28 heavy (non-hydrogen) atoms. The van der Waals surface area contributed by atoms with E-state index in [-0.39, 0.29) is 24.6 Å². The van der Waals surface area contributed by atoms with Crippen LogP contribution in [0, 0.1) is 20.8 Å². The molecule has 0 spiro atoms. The van der Waals surface area contributed by atoms with Gasteiger partial charge in [-0.2, -0.15) is 0 Å². The molecule has 0 aliphatic heterocycles. The van der Waals surface area contributed by atoms with Gasteiger partial charge in [-0.05, 0) is 63.4 Å². The standard InChI is InChI=1S/C21H24ClNO5/c1-12-10-16(22)7-8-18(12)27-9-5-6-19(26)28-11-17(25)21-13(2)20(15(4)24)14(3)23-21/h7-8,10,23H,5-6,9,11H2,1-4H3. The third-order valence-electron chi connectivity index (χ3n) is 4.35. The van der Waals surface area contributed by atoms with Crippen LogP contribution in [0.5, 0.6) is 5.75 Å². The van der Waals surface area contributed by atoms with E-state index < -0.39 is 5.97 Å². The Balaban J connectivity index is 1.77. The van der Waals surface area contributed by atoms with Gasteiger partial charge in [0.25, 0.3) is 0 Å². The van der Waals surface area contributed by atoms with Crippen molar-refractivity contribution in [3.05, 3.63) is 51.3 Å². The Morgan fingerprint density at radius 1 is 1.14 bits per heavy atom. The average Bonchev–Trinajstić information content (AvgIpc) is 2.92. The molecule has 1 heterocycles. The summed E-state index contributed by atoms with van der Waals surface area (Å²) < 4.78 is 10.7. The first-order valence-corrected chi connectivity index (χ1v) is 9.36. The number of ether oxygens (including phenoxy) is 2. The molecule has 0 aliphatic carbocycles. The minimum Gasteiger partial charge on any atom is -0.493 e. The van der Waals surface area contributed by atoms with Gasteiger partial charge in [-0.25, -0.2) is 0 Å². The largest absolute Gasteiger partial charge is 0.493 e. The second-order valence-electron chi connectivity index (χ2n) is 6.63. The number of aromatic nitrogens is 1. The molecule has 1 aromatic heterocycles. The van der Waals surface area contributed by atoms with Crippen LogP contribution in [-0.2, 0) is 9.53 Å². The smallest absolute Gasteiger partial charge is 0.306 e. The summed E-state index contributed by atoms with van der Waals surface area (Å²) >= 11 is 5.90. The number of H-pyrrole nitrogens is 1. The van der Waals surface area contributed by atoms with Gasteiger partial charge in [0.2, 0.25) is 5.78 Å². The first kappa shape index (κ1) is 21.7. The minimum atomic E-state index is -0.475. The van der Waals surface area contributed by atoms with Gasteiger partial charge in [0.05, 0.1) is 12.3 Å². The van der Waals surface area contributed by atoms with Gasteiger partial charge >= 0.3 is 5.97 Å². The number of nitrogens with one attached hydrogen (secondary N) is 1. The van der Waals surface area contributed by atoms with Gasteiger partial charge in [-0.1, -0.05) is 11.6 Å². The van der Waals surface area contributed by atoms with Crippen molar-refractivity contribution in [2.45, 2.75) is 40.5 Å². The Morgan fingerprint density at radius 2 is 1.86 bits per heavy atom. The zero-order valence-corrected chi connectivity index (χ0v) is 17.2. The number of halogens is 1. The van der Waals surface area contributed by atoms with Crippen LogP contribution in [0.1, 0.15) is 57.4 Å². The highest BCUT2D eigenvalue weighted by Crippen LogP contribution is 2.22. The molecule has 2 aromatic rings. The summed E-state index contributed by atoms with van der Waals surface area (Å²) in [7, 11) is 0. The summed E-state index contributed by atoms with van der Waals surface area (Å²) in [5, 5.41) is 0.640. The Bertz CT molecular complexity index is 900. The number of hydrogen-bond donors (Lipinski definition) is 1. The van der Waals surface area contributed by atoms with Gasteiger partial charge < -0.3 is 14.5 Å². The number of aryl methyl sites for hydroxylation is 2. The van der Waals surface area contributed by atoms with E-state index in [0.29, 0.717) is 46.3 Å². The van der Waals surface area contributed by atoms with Crippen molar-refractivity contribution in [2.24, 2.45) is 0 Å². The van der Waals surface area contributed by atoms with E-state index in [2.05, 4.69) is 4.98 Å². The third-order valence-corrected chi connectivity index (χ3v) is 4.59. The van der Waals surface area contributed by atoms with Gasteiger partial charge in [0.1, 0.15) is 5.75 Å². The second-order valence-corrected chi connectivity index (χ2v) is 7.06. The molecule has 0 radical (unpaired) electrons. The van der Waals surface area contributed by atoms with Crippen molar-refractivity contribution in [3.63, 3.8) is 0 Å². The van der Waals surface area contributed by atoms with Crippen LogP contribution < -0.4 is 4.74 Å². The Labute approximate surface area is 169 Å². The van der Waals surface area contributed by atoms with Crippen molar-refractivity contribution < 1.29 is 23.9 Å². The van der Waals surface area contributed by atoms with Crippen LogP contribution in [0.25, 0.3) is 0 Å². The predicted molar refractivity (Wildman–Crippen MR) is 106 cm³/mol. The van der Waals surface area contributed by atoms with Gasteiger partial charge in [-0.15, -0.1) is 0 Å². The lowest BCUT2D eigenvalue weighted by atomic mass is 10.1.